The van der Waals surface area contributed by atoms with Crippen molar-refractivity contribution in [1.29, 1.82) is 0 Å². The minimum absolute atomic E-state index is 0.0450. The number of ether oxygens (including phenoxy) is 2. The topological polar surface area (TPSA) is 54.9 Å². The van der Waals surface area contributed by atoms with Gasteiger partial charge in [0.05, 0.1) is 28.5 Å². The fourth-order valence-corrected chi connectivity index (χ4v) is 4.90. The van der Waals surface area contributed by atoms with Crippen molar-refractivity contribution in [3.63, 3.8) is 0 Å². The third-order valence-electron chi connectivity index (χ3n) is 5.41. The summed E-state index contributed by atoms with van der Waals surface area (Å²) in [5.41, 5.74) is 2.88. The van der Waals surface area contributed by atoms with Gasteiger partial charge in [-0.1, -0.05) is 47.2 Å². The maximum Gasteiger partial charge on any atom is 0.266 e. The van der Waals surface area contributed by atoms with Crippen LogP contribution in [-0.4, -0.2) is 61.8 Å². The number of aryl methyl sites for hydroxylation is 2. The van der Waals surface area contributed by atoms with Crippen LogP contribution in [0.15, 0.2) is 36.4 Å². The number of thiazole rings is 1. The summed E-state index contributed by atoms with van der Waals surface area (Å²) < 4.78 is 12.2. The lowest BCUT2D eigenvalue weighted by Crippen LogP contribution is -2.44. The van der Waals surface area contributed by atoms with Crippen LogP contribution in [0.4, 0.5) is 5.13 Å². The number of halogens is 1. The third kappa shape index (κ3) is 5.18. The highest BCUT2D eigenvalue weighted by molar-refractivity contribution is 7.23. The van der Waals surface area contributed by atoms with Gasteiger partial charge in [-0.2, -0.15) is 0 Å². The van der Waals surface area contributed by atoms with Crippen molar-refractivity contribution >= 4 is 44.2 Å². The second kappa shape index (κ2) is 9.96. The molecular formula is C23H26ClN3O3S. The normalized spacial score (nSPS) is 14.7. The first-order valence-corrected chi connectivity index (χ1v) is 11.6. The van der Waals surface area contributed by atoms with E-state index in [9.17, 15) is 4.79 Å². The second-order valence-corrected chi connectivity index (χ2v) is 8.98. The van der Waals surface area contributed by atoms with Crippen LogP contribution < -0.4 is 9.64 Å². The molecule has 6 nitrogen and oxygen atoms in total. The van der Waals surface area contributed by atoms with Gasteiger partial charge >= 0.3 is 0 Å². The Bertz CT molecular complexity index is 1030. The Balaban J connectivity index is 1.56. The quantitative estimate of drug-likeness (QED) is 0.527. The molecule has 0 N–H and O–H groups in total. The molecule has 0 aliphatic carbocycles. The zero-order chi connectivity index (χ0) is 21.8. The smallest absolute Gasteiger partial charge is 0.266 e. The standard InChI is InChI=1S/C23H26ClN3O3S/c1-16-5-3-4-6-19(16)30-15-20(28)27(10-9-26-11-13-29-14-12-26)23-25-21-17(2)7-8-18(24)22(21)31-23/h3-8H,9-15H2,1-2H3. The number of anilines is 1. The van der Waals surface area contributed by atoms with Gasteiger partial charge in [0.15, 0.2) is 11.7 Å². The van der Waals surface area contributed by atoms with E-state index in [0.29, 0.717) is 22.4 Å². The molecular weight excluding hydrogens is 434 g/mol. The first kappa shape index (κ1) is 22.0. The molecule has 1 aliphatic heterocycles. The molecule has 1 amide bonds. The van der Waals surface area contributed by atoms with E-state index in [1.807, 2.05) is 50.2 Å². The van der Waals surface area contributed by atoms with Crippen molar-refractivity contribution in [3.8, 4) is 5.75 Å². The van der Waals surface area contributed by atoms with E-state index in [1.54, 1.807) is 4.90 Å². The number of hydrogen-bond acceptors (Lipinski definition) is 6. The van der Waals surface area contributed by atoms with Crippen LogP contribution >= 0.6 is 22.9 Å². The predicted octanol–water partition coefficient (Wildman–Crippen LogP) is 4.31. The van der Waals surface area contributed by atoms with Crippen molar-refractivity contribution < 1.29 is 14.3 Å². The summed E-state index contributed by atoms with van der Waals surface area (Å²) in [7, 11) is 0. The zero-order valence-electron chi connectivity index (χ0n) is 17.8. The van der Waals surface area contributed by atoms with Crippen molar-refractivity contribution in [3.05, 3.63) is 52.5 Å². The Kier molecular flexibility index (Phi) is 7.07. The van der Waals surface area contributed by atoms with Crippen LogP contribution in [0.3, 0.4) is 0 Å². The number of hydrogen-bond donors (Lipinski definition) is 0. The number of carbonyl (C=O) groups is 1. The number of para-hydroxylation sites is 1. The van der Waals surface area contributed by atoms with E-state index < -0.39 is 0 Å². The number of benzene rings is 2. The Morgan fingerprint density at radius 1 is 1.19 bits per heavy atom. The van der Waals surface area contributed by atoms with Crippen LogP contribution in [0.1, 0.15) is 11.1 Å². The van der Waals surface area contributed by atoms with Crippen molar-refractivity contribution in [2.24, 2.45) is 0 Å². The lowest BCUT2D eigenvalue weighted by Gasteiger charge is -2.29. The molecule has 164 valence electrons. The molecule has 0 radical (unpaired) electrons. The van der Waals surface area contributed by atoms with E-state index in [2.05, 4.69) is 4.90 Å². The highest BCUT2D eigenvalue weighted by Gasteiger charge is 2.23. The Morgan fingerprint density at radius 3 is 2.71 bits per heavy atom. The molecule has 4 rings (SSSR count). The van der Waals surface area contributed by atoms with E-state index in [1.165, 1.54) is 11.3 Å². The fourth-order valence-electron chi connectivity index (χ4n) is 3.54. The number of nitrogens with zero attached hydrogens (tertiary/aromatic N) is 3. The van der Waals surface area contributed by atoms with Crippen LogP contribution in [0.2, 0.25) is 5.02 Å². The summed E-state index contributed by atoms with van der Waals surface area (Å²) >= 11 is 7.85. The molecule has 1 saturated heterocycles. The minimum atomic E-state index is -0.121. The van der Waals surface area contributed by atoms with Gasteiger partial charge in [0.2, 0.25) is 0 Å². The summed E-state index contributed by atoms with van der Waals surface area (Å²) in [5, 5.41) is 1.30. The number of carbonyl (C=O) groups excluding carboxylic acids is 1. The summed E-state index contributed by atoms with van der Waals surface area (Å²) in [6.45, 7) is 8.39. The van der Waals surface area contributed by atoms with Gasteiger partial charge in [0.1, 0.15) is 5.75 Å². The van der Waals surface area contributed by atoms with E-state index >= 15 is 0 Å². The Hall–Kier alpha value is -2.19. The van der Waals surface area contributed by atoms with Crippen molar-refractivity contribution in [2.45, 2.75) is 13.8 Å². The number of aromatic nitrogens is 1. The Labute approximate surface area is 191 Å². The lowest BCUT2D eigenvalue weighted by molar-refractivity contribution is -0.120. The van der Waals surface area contributed by atoms with E-state index in [4.69, 9.17) is 26.1 Å². The number of fused-ring (bicyclic) bond motifs is 1. The summed E-state index contributed by atoms with van der Waals surface area (Å²) in [4.78, 5) is 22.0. The molecule has 1 fully saturated rings. The molecule has 2 aromatic carbocycles. The molecule has 2 heterocycles. The highest BCUT2D eigenvalue weighted by atomic mass is 35.5. The van der Waals surface area contributed by atoms with E-state index in [0.717, 1.165) is 54.2 Å². The molecule has 1 aromatic heterocycles. The fraction of sp³-hybridized carbons (Fsp3) is 0.391. The van der Waals surface area contributed by atoms with Gasteiger partial charge in [-0.05, 0) is 37.1 Å². The van der Waals surface area contributed by atoms with Gasteiger partial charge in [0, 0.05) is 26.2 Å². The predicted molar refractivity (Wildman–Crippen MR) is 126 cm³/mol. The van der Waals surface area contributed by atoms with Gasteiger partial charge in [-0.3, -0.25) is 14.6 Å². The summed E-state index contributed by atoms with van der Waals surface area (Å²) in [6.07, 6.45) is 0. The average molecular weight is 460 g/mol. The second-order valence-electron chi connectivity index (χ2n) is 7.59. The molecule has 0 saturated carbocycles. The molecule has 0 unspecified atom stereocenters. The number of amides is 1. The van der Waals surface area contributed by atoms with Gasteiger partial charge in [-0.25, -0.2) is 4.98 Å². The van der Waals surface area contributed by atoms with Gasteiger partial charge in [0.25, 0.3) is 5.91 Å². The van der Waals surface area contributed by atoms with Crippen LogP contribution in [0.25, 0.3) is 10.2 Å². The third-order valence-corrected chi connectivity index (χ3v) is 6.94. The monoisotopic (exact) mass is 459 g/mol. The summed E-state index contributed by atoms with van der Waals surface area (Å²) in [6, 6.07) is 11.5. The average Bonchev–Trinajstić information content (AvgIpc) is 3.23. The Morgan fingerprint density at radius 2 is 1.97 bits per heavy atom. The molecule has 0 spiro atoms. The van der Waals surface area contributed by atoms with E-state index in [-0.39, 0.29) is 12.5 Å². The molecule has 8 heteroatoms. The van der Waals surface area contributed by atoms with Crippen LogP contribution in [0, 0.1) is 13.8 Å². The lowest BCUT2D eigenvalue weighted by atomic mass is 10.2. The van der Waals surface area contributed by atoms with Crippen LogP contribution in [0.5, 0.6) is 5.75 Å². The van der Waals surface area contributed by atoms with Crippen LogP contribution in [-0.2, 0) is 9.53 Å². The number of rotatable bonds is 7. The first-order chi connectivity index (χ1) is 15.0. The van der Waals surface area contributed by atoms with Crippen molar-refractivity contribution in [2.75, 3.05) is 50.9 Å². The molecule has 31 heavy (non-hydrogen) atoms. The summed E-state index contributed by atoms with van der Waals surface area (Å²) in [5.74, 6) is 0.594. The van der Waals surface area contributed by atoms with Gasteiger partial charge < -0.3 is 9.47 Å². The molecule has 1 aliphatic rings. The largest absolute Gasteiger partial charge is 0.483 e. The number of morpholine rings is 1. The molecule has 3 aromatic rings. The maximum atomic E-state index is 13.2. The minimum Gasteiger partial charge on any atom is -0.483 e. The zero-order valence-corrected chi connectivity index (χ0v) is 19.3. The van der Waals surface area contributed by atoms with Crippen molar-refractivity contribution in [1.82, 2.24) is 9.88 Å². The first-order valence-electron chi connectivity index (χ1n) is 10.4. The SMILES string of the molecule is Cc1ccccc1OCC(=O)N(CCN1CCOCC1)c1nc2c(C)ccc(Cl)c2s1. The molecule has 0 bridgehead atoms. The highest BCUT2D eigenvalue weighted by Crippen LogP contribution is 2.35. The van der Waals surface area contributed by atoms with Gasteiger partial charge in [-0.15, -0.1) is 0 Å². The maximum absolute atomic E-state index is 13.2. The molecule has 0 atom stereocenters.